The predicted molar refractivity (Wildman–Crippen MR) is 127 cm³/mol. The molecule has 0 saturated heterocycles. The van der Waals surface area contributed by atoms with Crippen molar-refractivity contribution in [3.05, 3.63) is 61.9 Å². The first-order valence-corrected chi connectivity index (χ1v) is 11.6. The highest BCUT2D eigenvalue weighted by Crippen LogP contribution is 2.36. The third-order valence-corrected chi connectivity index (χ3v) is 6.56. The van der Waals surface area contributed by atoms with Crippen LogP contribution in [-0.2, 0) is 6.18 Å². The zero-order valence-electron chi connectivity index (χ0n) is 18.0. The lowest BCUT2D eigenvalue weighted by atomic mass is 10.0. The van der Waals surface area contributed by atoms with Gasteiger partial charge in [-0.1, -0.05) is 30.1 Å². The van der Waals surface area contributed by atoms with E-state index in [1.807, 2.05) is 0 Å². The molecule has 3 rings (SSSR count). The van der Waals surface area contributed by atoms with Gasteiger partial charge in [-0.3, -0.25) is 9.59 Å². The van der Waals surface area contributed by atoms with Gasteiger partial charge in [0.2, 0.25) is 0 Å². The van der Waals surface area contributed by atoms with Crippen LogP contribution in [0.15, 0.2) is 30.7 Å². The predicted octanol–water partition coefficient (Wildman–Crippen LogP) is 5.29. The normalized spacial score (nSPS) is 12.3. The number of hydrogen-bond acceptors (Lipinski definition) is 8. The van der Waals surface area contributed by atoms with Crippen LogP contribution in [0.3, 0.4) is 0 Å². The third kappa shape index (κ3) is 6.66. The highest BCUT2D eigenvalue weighted by Gasteiger charge is 2.33. The van der Waals surface area contributed by atoms with Gasteiger partial charge in [-0.2, -0.15) is 13.2 Å². The Labute approximate surface area is 211 Å². The van der Waals surface area contributed by atoms with Crippen LogP contribution in [0.4, 0.5) is 24.7 Å². The second kappa shape index (κ2) is 11.3. The Morgan fingerprint density at radius 1 is 1.20 bits per heavy atom. The van der Waals surface area contributed by atoms with E-state index in [1.165, 1.54) is 18.6 Å². The lowest BCUT2D eigenvalue weighted by Crippen LogP contribution is -2.12. The van der Waals surface area contributed by atoms with Crippen molar-refractivity contribution >= 4 is 57.7 Å². The molecule has 0 aliphatic rings. The van der Waals surface area contributed by atoms with Crippen LogP contribution in [0, 0.1) is 0 Å². The summed E-state index contributed by atoms with van der Waals surface area (Å²) in [5.74, 6) is -1.21. The molecule has 0 bridgehead atoms. The van der Waals surface area contributed by atoms with E-state index >= 15 is 0 Å². The van der Waals surface area contributed by atoms with Gasteiger partial charge in [-0.25, -0.2) is 15.0 Å². The number of rotatable bonds is 9. The van der Waals surface area contributed by atoms with Crippen molar-refractivity contribution in [3.8, 4) is 0 Å². The van der Waals surface area contributed by atoms with Gasteiger partial charge in [0.1, 0.15) is 27.7 Å². The average molecular weight is 548 g/mol. The summed E-state index contributed by atoms with van der Waals surface area (Å²) >= 11 is 12.8. The van der Waals surface area contributed by atoms with Gasteiger partial charge in [0, 0.05) is 24.6 Å². The molecule has 0 saturated carbocycles. The van der Waals surface area contributed by atoms with E-state index in [0.717, 1.165) is 23.5 Å². The van der Waals surface area contributed by atoms with E-state index in [4.69, 9.17) is 28.3 Å². The molecule has 2 heterocycles. The summed E-state index contributed by atoms with van der Waals surface area (Å²) < 4.78 is 39.1. The van der Waals surface area contributed by atoms with Crippen LogP contribution < -0.4 is 10.6 Å². The number of hydrogen-bond donors (Lipinski definition) is 3. The van der Waals surface area contributed by atoms with Crippen molar-refractivity contribution in [1.82, 2.24) is 15.0 Å². The largest absolute Gasteiger partial charge is 0.417 e. The quantitative estimate of drug-likeness (QED) is 0.311. The highest BCUT2D eigenvalue weighted by atomic mass is 35.5. The number of benzene rings is 1. The van der Waals surface area contributed by atoms with Gasteiger partial charge in [0.25, 0.3) is 5.91 Å². The number of carbonyl (C=O) groups excluding carboxylic acids is 2. The van der Waals surface area contributed by atoms with E-state index in [9.17, 15) is 22.8 Å². The van der Waals surface area contributed by atoms with Crippen molar-refractivity contribution in [2.75, 3.05) is 23.8 Å². The molecular weight excluding hydrogens is 530 g/mol. The monoisotopic (exact) mass is 547 g/mol. The molecule has 1 atom stereocenters. The van der Waals surface area contributed by atoms with Crippen LogP contribution in [0.25, 0.3) is 0 Å². The summed E-state index contributed by atoms with van der Waals surface area (Å²) in [5, 5.41) is 14.1. The Morgan fingerprint density at radius 2 is 1.94 bits per heavy atom. The molecule has 3 aromatic rings. The zero-order valence-corrected chi connectivity index (χ0v) is 20.3. The third-order valence-electron chi connectivity index (χ3n) is 4.65. The minimum Gasteiger partial charge on any atom is -0.395 e. The molecule has 0 fully saturated rings. The number of aliphatic hydroxyl groups excluding tert-OH is 1. The Balaban J connectivity index is 1.69. The summed E-state index contributed by atoms with van der Waals surface area (Å²) in [6, 6.07) is 3.06. The molecule has 2 aromatic heterocycles. The van der Waals surface area contributed by atoms with Crippen LogP contribution in [0.2, 0.25) is 10.0 Å². The van der Waals surface area contributed by atoms with E-state index in [0.29, 0.717) is 5.01 Å². The maximum Gasteiger partial charge on any atom is 0.417 e. The van der Waals surface area contributed by atoms with Crippen molar-refractivity contribution in [2.24, 2.45) is 0 Å². The first-order chi connectivity index (χ1) is 16.5. The summed E-state index contributed by atoms with van der Waals surface area (Å²) in [6.07, 6.45) is -2.22. The second-order valence-electron chi connectivity index (χ2n) is 7.27. The van der Waals surface area contributed by atoms with E-state index in [1.54, 1.807) is 6.92 Å². The van der Waals surface area contributed by atoms with E-state index < -0.39 is 28.6 Å². The molecular formula is C21H18Cl2F3N5O3S. The van der Waals surface area contributed by atoms with Crippen molar-refractivity contribution in [2.45, 2.75) is 25.4 Å². The Kier molecular flexibility index (Phi) is 8.65. The van der Waals surface area contributed by atoms with Gasteiger partial charge < -0.3 is 15.7 Å². The Morgan fingerprint density at radius 3 is 2.63 bits per heavy atom. The molecule has 0 unspecified atom stereocenters. The lowest BCUT2D eigenvalue weighted by molar-refractivity contribution is -0.137. The summed E-state index contributed by atoms with van der Waals surface area (Å²) in [7, 11) is 0. The number of amides is 1. The van der Waals surface area contributed by atoms with Gasteiger partial charge in [0.05, 0.1) is 28.4 Å². The van der Waals surface area contributed by atoms with E-state index in [-0.39, 0.29) is 52.5 Å². The SMILES string of the molecule is C[C@@H](CC(=O)c1ncnc(NCCO)c1Cl)c1ncc(C(=O)Nc2ccc(Cl)c(C(F)(F)F)c2)s1. The van der Waals surface area contributed by atoms with Crippen LogP contribution in [0.5, 0.6) is 0 Å². The number of nitrogens with zero attached hydrogens (tertiary/aromatic N) is 3. The number of aromatic nitrogens is 3. The van der Waals surface area contributed by atoms with Crippen molar-refractivity contribution in [1.29, 1.82) is 0 Å². The lowest BCUT2D eigenvalue weighted by Gasteiger charge is -2.11. The number of halogens is 5. The molecule has 186 valence electrons. The molecule has 0 radical (unpaired) electrons. The first kappa shape index (κ1) is 26.8. The van der Waals surface area contributed by atoms with Gasteiger partial charge in [-0.15, -0.1) is 11.3 Å². The molecule has 0 aliphatic heterocycles. The van der Waals surface area contributed by atoms with Gasteiger partial charge >= 0.3 is 6.18 Å². The molecule has 3 N–H and O–H groups in total. The molecule has 0 spiro atoms. The number of alkyl halides is 3. The van der Waals surface area contributed by atoms with Crippen LogP contribution in [-0.4, -0.2) is 44.9 Å². The maximum atomic E-state index is 13.0. The number of thiazole rings is 1. The van der Waals surface area contributed by atoms with Crippen molar-refractivity contribution in [3.63, 3.8) is 0 Å². The van der Waals surface area contributed by atoms with Gasteiger partial charge in [-0.05, 0) is 18.2 Å². The fourth-order valence-corrected chi connectivity index (χ4v) is 4.32. The molecule has 1 aromatic carbocycles. The summed E-state index contributed by atoms with van der Waals surface area (Å²) in [4.78, 5) is 37.5. The number of Topliss-reactive ketones (excluding diaryl/α,β-unsaturated/α-hetero) is 1. The Hall–Kier alpha value is -2.80. The summed E-state index contributed by atoms with van der Waals surface area (Å²) in [6.45, 7) is 1.77. The van der Waals surface area contributed by atoms with Crippen molar-refractivity contribution < 1.29 is 27.9 Å². The van der Waals surface area contributed by atoms with E-state index in [2.05, 4.69) is 25.6 Å². The number of ketones is 1. The zero-order chi connectivity index (χ0) is 25.8. The Bertz CT molecular complexity index is 1240. The smallest absolute Gasteiger partial charge is 0.395 e. The number of nitrogens with one attached hydrogen (secondary N) is 2. The number of aliphatic hydroxyl groups is 1. The fraction of sp³-hybridized carbons (Fsp3) is 0.286. The molecule has 8 nitrogen and oxygen atoms in total. The standard InChI is InChI=1S/C21H18Cl2F3N5O3S/c1-10(6-14(33)17-16(23)18(27-4-5-32)30-9-29-17)20-28-8-15(35-20)19(34)31-11-2-3-13(22)12(7-11)21(24,25)26/h2-3,7-10,32H,4-6H2,1H3,(H,31,34)(H,27,29,30)/t10-/m0/s1. The minimum absolute atomic E-state index is 0.00619. The van der Waals surface area contributed by atoms with Crippen LogP contribution in [0.1, 0.15) is 50.0 Å². The van der Waals surface area contributed by atoms with Crippen LogP contribution >= 0.6 is 34.5 Å². The minimum atomic E-state index is -4.67. The molecule has 1 amide bonds. The second-order valence-corrected chi connectivity index (χ2v) is 9.12. The number of anilines is 2. The molecule has 35 heavy (non-hydrogen) atoms. The first-order valence-electron chi connectivity index (χ1n) is 10.0. The molecule has 14 heteroatoms. The average Bonchev–Trinajstić information content (AvgIpc) is 3.29. The summed E-state index contributed by atoms with van der Waals surface area (Å²) in [5.41, 5.74) is -1.13. The highest BCUT2D eigenvalue weighted by molar-refractivity contribution is 7.13. The fourth-order valence-electron chi connectivity index (χ4n) is 2.96. The molecule has 0 aliphatic carbocycles. The number of carbonyl (C=O) groups is 2. The van der Waals surface area contributed by atoms with Gasteiger partial charge in [0.15, 0.2) is 5.78 Å². The topological polar surface area (TPSA) is 117 Å². The maximum absolute atomic E-state index is 13.0.